The van der Waals surface area contributed by atoms with E-state index in [1.165, 1.54) is 37.8 Å². The maximum absolute atomic E-state index is 6.87. The van der Waals surface area contributed by atoms with Crippen molar-refractivity contribution in [2.24, 2.45) is 0 Å². The molecule has 0 bridgehead atoms. The van der Waals surface area contributed by atoms with Gasteiger partial charge in [0.2, 0.25) is 0 Å². The highest BCUT2D eigenvalue weighted by atomic mass is 28.3. The van der Waals surface area contributed by atoms with Gasteiger partial charge in [0, 0.05) is 33.0 Å². The smallest absolute Gasteiger partial charge is 0.164 e. The zero-order chi connectivity index (χ0) is 37.4. The molecule has 10 aromatic rings. The molecule has 3 heterocycles. The summed E-state index contributed by atoms with van der Waals surface area (Å²) >= 11 is 0. The minimum atomic E-state index is -2.12. The number of fused-ring (bicyclic) bond motifs is 8. The highest BCUT2D eigenvalue weighted by molar-refractivity contribution is 7.04. The second-order valence-corrected chi connectivity index (χ2v) is 19.5. The van der Waals surface area contributed by atoms with Crippen LogP contribution in [0, 0.1) is 0 Å². The molecule has 1 aliphatic rings. The normalized spacial score (nSPS) is 13.0. The summed E-state index contributed by atoms with van der Waals surface area (Å²) in [4.78, 5) is 16.1. The van der Waals surface area contributed by atoms with Crippen LogP contribution in [-0.2, 0) is 0 Å². The van der Waals surface area contributed by atoms with Gasteiger partial charge in [0.1, 0.15) is 19.2 Å². The van der Waals surface area contributed by atoms with Gasteiger partial charge in [-0.25, -0.2) is 15.0 Å². The van der Waals surface area contributed by atoms with Crippen LogP contribution >= 0.6 is 0 Å². The van der Waals surface area contributed by atoms with Crippen LogP contribution in [0.4, 0.5) is 0 Å². The molecule has 0 atom stereocenters. The molecule has 0 aliphatic carbocycles. The first kappa shape index (κ1) is 32.5. The molecule has 0 fully saturated rings. The van der Waals surface area contributed by atoms with E-state index in [0.717, 1.165) is 55.3 Å². The third-order valence-corrected chi connectivity index (χ3v) is 15.1. The topological polar surface area (TPSA) is 51.8 Å². The summed E-state index contributed by atoms with van der Waals surface area (Å²) in [6.07, 6.45) is 0. The molecule has 0 radical (unpaired) electrons. The molecule has 0 saturated heterocycles. The number of nitrogens with zero attached hydrogens (tertiary/aromatic N) is 3. The Balaban J connectivity index is 1.20. The van der Waals surface area contributed by atoms with E-state index < -0.39 is 8.07 Å². The van der Waals surface area contributed by atoms with Crippen LogP contribution in [0.2, 0.25) is 13.1 Å². The van der Waals surface area contributed by atoms with Crippen molar-refractivity contribution in [3.63, 3.8) is 0 Å². The molecule has 56 heavy (non-hydrogen) atoms. The number of para-hydroxylation sites is 1. The molecular weight excluding hydrogens is 699 g/mol. The number of benzene rings is 8. The molecule has 2 aromatic heterocycles. The van der Waals surface area contributed by atoms with Crippen molar-refractivity contribution in [2.45, 2.75) is 13.1 Å². The van der Waals surface area contributed by atoms with Crippen molar-refractivity contribution < 1.29 is 4.42 Å². The van der Waals surface area contributed by atoms with Crippen LogP contribution < -0.4 is 10.4 Å². The van der Waals surface area contributed by atoms with Crippen LogP contribution in [0.5, 0.6) is 0 Å². The summed E-state index contributed by atoms with van der Waals surface area (Å²) in [5.41, 5.74) is 11.5. The van der Waals surface area contributed by atoms with Crippen molar-refractivity contribution >= 4 is 51.2 Å². The largest absolute Gasteiger partial charge is 0.455 e. The standard InChI is InChI=1S/C51H35N3OSi/c1-56(2)44-29-13-11-26-41(44)47-45(56)31-42(46-40-25-10-12-28-43(40)55-48(46)47)51-53-49(52-50(54-51)39-24-9-8-23-37(39)32-16-4-3-5-17-32)35-21-14-20-34(30-35)38-27-15-19-33-18-6-7-22-36(33)38/h3-31H,1-2H3. The molecular formula is C51H35N3OSi. The van der Waals surface area contributed by atoms with Gasteiger partial charge in [-0.2, -0.15) is 0 Å². The lowest BCUT2D eigenvalue weighted by molar-refractivity contribution is 0.670. The van der Waals surface area contributed by atoms with E-state index in [4.69, 9.17) is 19.4 Å². The number of hydrogen-bond acceptors (Lipinski definition) is 4. The summed E-state index contributed by atoms with van der Waals surface area (Å²) in [7, 11) is -2.12. The van der Waals surface area contributed by atoms with Crippen LogP contribution in [0.1, 0.15) is 0 Å². The quantitative estimate of drug-likeness (QED) is 0.165. The van der Waals surface area contributed by atoms with Gasteiger partial charge in [-0.3, -0.25) is 0 Å². The average Bonchev–Trinajstić information content (AvgIpc) is 3.76. The third-order valence-electron chi connectivity index (χ3n) is 11.5. The van der Waals surface area contributed by atoms with Crippen LogP contribution in [0.15, 0.2) is 180 Å². The van der Waals surface area contributed by atoms with E-state index in [2.05, 4.69) is 177 Å². The van der Waals surface area contributed by atoms with E-state index in [0.29, 0.717) is 17.5 Å². The molecule has 4 nitrogen and oxygen atoms in total. The fraction of sp³-hybridized carbons (Fsp3) is 0.0392. The second-order valence-electron chi connectivity index (χ2n) is 15.1. The zero-order valence-electron chi connectivity index (χ0n) is 31.0. The maximum atomic E-state index is 6.87. The first-order valence-corrected chi connectivity index (χ1v) is 22.1. The van der Waals surface area contributed by atoms with E-state index in [9.17, 15) is 0 Å². The average molecular weight is 734 g/mol. The Hall–Kier alpha value is -6.95. The molecule has 1 aliphatic heterocycles. The summed E-state index contributed by atoms with van der Waals surface area (Å²) < 4.78 is 6.87. The summed E-state index contributed by atoms with van der Waals surface area (Å²) in [6, 6.07) is 62.1. The maximum Gasteiger partial charge on any atom is 0.164 e. The van der Waals surface area contributed by atoms with Crippen LogP contribution in [0.25, 0.3) is 100 Å². The fourth-order valence-corrected chi connectivity index (χ4v) is 11.9. The van der Waals surface area contributed by atoms with Crippen molar-refractivity contribution in [1.29, 1.82) is 0 Å². The SMILES string of the molecule is C[Si]1(C)c2ccccc2-c2c1cc(-c1nc(-c3cccc(-c4cccc5ccccc45)c3)nc(-c3ccccc3-c3ccccc3)n1)c1c2oc2ccccc21. The Labute approximate surface area is 325 Å². The summed E-state index contributed by atoms with van der Waals surface area (Å²) in [5, 5.41) is 7.26. The second kappa shape index (κ2) is 12.6. The molecule has 11 rings (SSSR count). The van der Waals surface area contributed by atoms with E-state index in [-0.39, 0.29) is 0 Å². The predicted molar refractivity (Wildman–Crippen MR) is 234 cm³/mol. The van der Waals surface area contributed by atoms with Crippen molar-refractivity contribution in [2.75, 3.05) is 0 Å². The van der Waals surface area contributed by atoms with Gasteiger partial charge in [0.15, 0.2) is 17.5 Å². The molecule has 0 spiro atoms. The van der Waals surface area contributed by atoms with E-state index >= 15 is 0 Å². The van der Waals surface area contributed by atoms with Gasteiger partial charge in [-0.05, 0) is 67.2 Å². The lowest BCUT2D eigenvalue weighted by Gasteiger charge is -2.19. The Kier molecular flexibility index (Phi) is 7.28. The van der Waals surface area contributed by atoms with Crippen molar-refractivity contribution in [3.8, 4) is 67.5 Å². The van der Waals surface area contributed by atoms with Gasteiger partial charge in [-0.15, -0.1) is 0 Å². The first-order valence-electron chi connectivity index (χ1n) is 19.1. The van der Waals surface area contributed by atoms with Gasteiger partial charge >= 0.3 is 0 Å². The van der Waals surface area contributed by atoms with Gasteiger partial charge in [0.05, 0.1) is 0 Å². The Morgan fingerprint density at radius 1 is 0.411 bits per heavy atom. The third kappa shape index (κ3) is 5.01. The minimum absolute atomic E-state index is 0.621. The monoisotopic (exact) mass is 733 g/mol. The molecule has 8 aromatic carbocycles. The molecule has 5 heteroatoms. The summed E-state index contributed by atoms with van der Waals surface area (Å²) in [5.74, 6) is 1.88. The molecule has 0 N–H and O–H groups in total. The molecule has 0 amide bonds. The lowest BCUT2D eigenvalue weighted by atomic mass is 9.96. The van der Waals surface area contributed by atoms with Crippen LogP contribution in [-0.4, -0.2) is 23.0 Å². The fourth-order valence-electron chi connectivity index (χ4n) is 8.82. The van der Waals surface area contributed by atoms with Gasteiger partial charge in [0.25, 0.3) is 0 Å². The van der Waals surface area contributed by atoms with Crippen molar-refractivity contribution in [1.82, 2.24) is 15.0 Å². The summed E-state index contributed by atoms with van der Waals surface area (Å²) in [6.45, 7) is 4.88. The number of hydrogen-bond donors (Lipinski definition) is 0. The highest BCUT2D eigenvalue weighted by Gasteiger charge is 2.40. The Bertz CT molecular complexity index is 3180. The lowest BCUT2D eigenvalue weighted by Crippen LogP contribution is -2.49. The van der Waals surface area contributed by atoms with Crippen LogP contribution in [0.3, 0.4) is 0 Å². The zero-order valence-corrected chi connectivity index (χ0v) is 32.0. The number of aromatic nitrogens is 3. The predicted octanol–water partition coefficient (Wildman–Crippen LogP) is 12.1. The molecule has 0 saturated carbocycles. The van der Waals surface area contributed by atoms with E-state index in [1.54, 1.807) is 0 Å². The number of furan rings is 1. The van der Waals surface area contributed by atoms with Gasteiger partial charge in [-0.1, -0.05) is 171 Å². The van der Waals surface area contributed by atoms with E-state index in [1.807, 2.05) is 12.1 Å². The van der Waals surface area contributed by atoms with Crippen molar-refractivity contribution in [3.05, 3.63) is 176 Å². The highest BCUT2D eigenvalue weighted by Crippen LogP contribution is 2.44. The Morgan fingerprint density at radius 2 is 1.00 bits per heavy atom. The molecule has 264 valence electrons. The minimum Gasteiger partial charge on any atom is -0.455 e. The first-order chi connectivity index (χ1) is 27.5. The Morgan fingerprint density at radius 3 is 1.86 bits per heavy atom. The van der Waals surface area contributed by atoms with Gasteiger partial charge < -0.3 is 4.42 Å². The number of rotatable bonds is 5. The molecule has 0 unspecified atom stereocenters.